The van der Waals surface area contributed by atoms with E-state index in [-0.39, 0.29) is 18.9 Å². The molecule has 0 amide bonds. The Balaban J connectivity index is 0.000000605. The van der Waals surface area contributed by atoms with E-state index in [1.165, 1.54) is 32.1 Å². The van der Waals surface area contributed by atoms with E-state index < -0.39 is 0 Å². The third kappa shape index (κ3) is 2.01. The summed E-state index contributed by atoms with van der Waals surface area (Å²) in [6.45, 7) is 0. The van der Waals surface area contributed by atoms with Crippen LogP contribution in [0.5, 0.6) is 0 Å². The zero-order valence-electron chi connectivity index (χ0n) is 6.34. The van der Waals surface area contributed by atoms with Crippen molar-refractivity contribution in [1.29, 1.82) is 0 Å². The van der Waals surface area contributed by atoms with Crippen LogP contribution in [0, 0.1) is 5.92 Å². The van der Waals surface area contributed by atoms with Crippen molar-refractivity contribution in [3.8, 4) is 0 Å². The van der Waals surface area contributed by atoms with E-state index in [0.717, 1.165) is 5.92 Å². The minimum absolute atomic E-state index is 0. The fraction of sp³-hybridized carbons (Fsp3) is 0.600. The van der Waals surface area contributed by atoms with Crippen molar-refractivity contribution in [2.45, 2.75) is 32.1 Å². The fourth-order valence-electron chi connectivity index (χ4n) is 2.06. The van der Waals surface area contributed by atoms with Crippen LogP contribution in [0.3, 0.4) is 0 Å². The van der Waals surface area contributed by atoms with Crippen molar-refractivity contribution in [3.63, 3.8) is 0 Å². The summed E-state index contributed by atoms with van der Waals surface area (Å²) in [5.74, 6) is 0.954. The van der Waals surface area contributed by atoms with Crippen LogP contribution < -0.4 is 0 Å². The monoisotopic (exact) mass is 142 g/mol. The topological polar surface area (TPSA) is 0 Å². The van der Waals surface area contributed by atoms with Gasteiger partial charge in [-0.2, -0.15) is 0 Å². The molecule has 0 bridgehead atoms. The van der Waals surface area contributed by atoms with Crippen LogP contribution in [0.4, 0.5) is 0 Å². The molecule has 0 aromatic carbocycles. The van der Waals surface area contributed by atoms with Crippen LogP contribution in [0.25, 0.3) is 0 Å². The molecule has 0 aromatic rings. The summed E-state index contributed by atoms with van der Waals surface area (Å²) >= 11 is 0. The standard InChI is InChI=1S/C10H14.Li.H/c1-2-6-9(5-1)10-7-3-4-8-10;;/h1-2,5,10H,3-4,6-8H2;;. The molecule has 0 aliphatic heterocycles. The Bertz CT molecular complexity index is 173. The van der Waals surface area contributed by atoms with E-state index in [1.807, 2.05) is 0 Å². The SMILES string of the molecule is C1=CCC(C2CCCC2)=C1.[LiH]. The molecule has 56 valence electrons. The first-order chi connectivity index (χ1) is 4.97. The molecule has 2 rings (SSSR count). The van der Waals surface area contributed by atoms with Crippen molar-refractivity contribution in [2.24, 2.45) is 5.92 Å². The number of allylic oxidation sites excluding steroid dienone is 4. The van der Waals surface area contributed by atoms with Crippen LogP contribution in [0.15, 0.2) is 23.8 Å². The molecule has 1 saturated carbocycles. The summed E-state index contributed by atoms with van der Waals surface area (Å²) < 4.78 is 0. The molecule has 0 nitrogen and oxygen atoms in total. The molecule has 0 aromatic heterocycles. The van der Waals surface area contributed by atoms with Crippen molar-refractivity contribution >= 4 is 18.9 Å². The van der Waals surface area contributed by atoms with Gasteiger partial charge in [0.25, 0.3) is 0 Å². The van der Waals surface area contributed by atoms with Gasteiger partial charge < -0.3 is 0 Å². The van der Waals surface area contributed by atoms with Crippen molar-refractivity contribution in [1.82, 2.24) is 0 Å². The summed E-state index contributed by atoms with van der Waals surface area (Å²) in [7, 11) is 0. The maximum atomic E-state index is 2.32. The van der Waals surface area contributed by atoms with Gasteiger partial charge in [0.2, 0.25) is 0 Å². The Morgan fingerprint density at radius 2 is 1.91 bits per heavy atom. The maximum absolute atomic E-state index is 2.32. The predicted molar refractivity (Wildman–Crippen MR) is 50.9 cm³/mol. The minimum atomic E-state index is 0. The summed E-state index contributed by atoms with van der Waals surface area (Å²) in [6.07, 6.45) is 13.9. The number of hydrogen-bond acceptors (Lipinski definition) is 0. The van der Waals surface area contributed by atoms with Gasteiger partial charge >= 0.3 is 18.9 Å². The summed E-state index contributed by atoms with van der Waals surface area (Å²) in [5, 5.41) is 0. The van der Waals surface area contributed by atoms with Gasteiger partial charge in [-0.05, 0) is 25.2 Å². The third-order valence-corrected chi connectivity index (χ3v) is 2.68. The average molecular weight is 142 g/mol. The Morgan fingerprint density at radius 1 is 1.18 bits per heavy atom. The third-order valence-electron chi connectivity index (χ3n) is 2.68. The van der Waals surface area contributed by atoms with Crippen molar-refractivity contribution in [2.75, 3.05) is 0 Å². The molecular weight excluding hydrogens is 127 g/mol. The average Bonchev–Trinajstić information content (AvgIpc) is 2.59. The predicted octanol–water partition coefficient (Wildman–Crippen LogP) is 2.41. The molecule has 11 heavy (non-hydrogen) atoms. The zero-order chi connectivity index (χ0) is 6.81. The molecule has 1 heteroatoms. The Morgan fingerprint density at radius 3 is 2.45 bits per heavy atom. The van der Waals surface area contributed by atoms with Gasteiger partial charge in [0, 0.05) is 0 Å². The molecule has 1 fully saturated rings. The molecule has 0 saturated heterocycles. The molecule has 0 heterocycles. The Kier molecular flexibility index (Phi) is 3.49. The van der Waals surface area contributed by atoms with Gasteiger partial charge in [-0.3, -0.25) is 0 Å². The van der Waals surface area contributed by atoms with Crippen LogP contribution in [0.1, 0.15) is 32.1 Å². The first-order valence-electron chi connectivity index (χ1n) is 4.32. The first-order valence-corrected chi connectivity index (χ1v) is 4.32. The second-order valence-electron chi connectivity index (χ2n) is 3.36. The molecule has 2 aliphatic rings. The molecule has 0 spiro atoms. The summed E-state index contributed by atoms with van der Waals surface area (Å²) in [4.78, 5) is 0. The van der Waals surface area contributed by atoms with E-state index in [1.54, 1.807) is 5.57 Å². The van der Waals surface area contributed by atoms with Gasteiger partial charge in [0.05, 0.1) is 0 Å². The number of rotatable bonds is 1. The second-order valence-corrected chi connectivity index (χ2v) is 3.36. The zero-order valence-corrected chi connectivity index (χ0v) is 6.34. The molecular formula is C10H15Li. The van der Waals surface area contributed by atoms with Gasteiger partial charge in [-0.25, -0.2) is 0 Å². The molecule has 0 radical (unpaired) electrons. The summed E-state index contributed by atoms with van der Waals surface area (Å²) in [5.41, 5.74) is 1.69. The Labute approximate surface area is 80.9 Å². The van der Waals surface area contributed by atoms with Crippen LogP contribution in [-0.2, 0) is 0 Å². The molecule has 2 aliphatic carbocycles. The number of hydrogen-bond donors (Lipinski definition) is 0. The molecule has 0 atom stereocenters. The normalized spacial score (nSPS) is 23.5. The second kappa shape index (κ2) is 4.19. The fourth-order valence-corrected chi connectivity index (χ4v) is 2.06. The quantitative estimate of drug-likeness (QED) is 0.493. The van der Waals surface area contributed by atoms with E-state index in [0.29, 0.717) is 0 Å². The van der Waals surface area contributed by atoms with E-state index in [2.05, 4.69) is 18.2 Å². The van der Waals surface area contributed by atoms with Crippen molar-refractivity contribution in [3.05, 3.63) is 23.8 Å². The van der Waals surface area contributed by atoms with Crippen LogP contribution in [-0.4, -0.2) is 18.9 Å². The van der Waals surface area contributed by atoms with E-state index in [9.17, 15) is 0 Å². The van der Waals surface area contributed by atoms with Gasteiger partial charge in [0.1, 0.15) is 0 Å². The van der Waals surface area contributed by atoms with Crippen LogP contribution in [0.2, 0.25) is 0 Å². The van der Waals surface area contributed by atoms with Gasteiger partial charge in [-0.1, -0.05) is 36.6 Å². The van der Waals surface area contributed by atoms with Crippen LogP contribution >= 0.6 is 0 Å². The van der Waals surface area contributed by atoms with Gasteiger partial charge in [-0.15, -0.1) is 0 Å². The van der Waals surface area contributed by atoms with E-state index in [4.69, 9.17) is 0 Å². The Hall–Kier alpha value is 0.0774. The summed E-state index contributed by atoms with van der Waals surface area (Å²) in [6, 6.07) is 0. The van der Waals surface area contributed by atoms with Crippen molar-refractivity contribution < 1.29 is 0 Å². The van der Waals surface area contributed by atoms with E-state index >= 15 is 0 Å². The van der Waals surface area contributed by atoms with Gasteiger partial charge in [0.15, 0.2) is 0 Å². The molecule has 0 unspecified atom stereocenters. The molecule has 0 N–H and O–H groups in total. The first kappa shape index (κ1) is 9.17.